The van der Waals surface area contributed by atoms with Crippen molar-refractivity contribution in [3.8, 4) is 0 Å². The lowest BCUT2D eigenvalue weighted by molar-refractivity contribution is 0.276. The van der Waals surface area contributed by atoms with Gasteiger partial charge in [-0.15, -0.1) is 0 Å². The molecule has 0 aliphatic heterocycles. The van der Waals surface area contributed by atoms with Crippen LogP contribution >= 0.6 is 0 Å². The Balaban J connectivity index is 3.25. The van der Waals surface area contributed by atoms with E-state index in [0.29, 0.717) is 6.07 Å². The van der Waals surface area contributed by atoms with E-state index < -0.39 is 35.5 Å². The Labute approximate surface area is 73.8 Å². The number of benzene rings is 1. The molecule has 0 spiro atoms. The van der Waals surface area contributed by atoms with Crippen molar-refractivity contribution < 1.29 is 18.3 Å². The van der Waals surface area contributed by atoms with Crippen molar-refractivity contribution in [2.24, 2.45) is 0 Å². The third-order valence-corrected chi connectivity index (χ3v) is 1.71. The second-order valence-corrected chi connectivity index (χ2v) is 2.64. The lowest BCUT2D eigenvalue weighted by Gasteiger charge is -2.10. The zero-order chi connectivity index (χ0) is 10.0. The number of halogens is 3. The molecule has 1 rings (SSSR count). The van der Waals surface area contributed by atoms with Gasteiger partial charge < -0.3 is 5.11 Å². The minimum absolute atomic E-state index is 0.512. The Hall–Kier alpha value is -1.03. The van der Waals surface area contributed by atoms with Crippen molar-refractivity contribution in [2.75, 3.05) is 6.61 Å². The average molecular weight is 189 g/mol. The fraction of sp³-hybridized carbons (Fsp3) is 0.222. The maximum atomic E-state index is 12.9. The lowest BCUT2D eigenvalue weighted by Crippen LogP contribution is -2.07. The van der Waals surface area contributed by atoms with Gasteiger partial charge in [-0.25, -0.2) is 13.2 Å². The zero-order valence-corrected chi connectivity index (χ0v) is 6.73. The quantitative estimate of drug-likeness (QED) is 0.705. The highest BCUT2D eigenvalue weighted by molar-refractivity contribution is 5.25. The number of hydrogen-bond donors (Lipinski definition) is 1. The van der Waals surface area contributed by atoms with E-state index in [1.54, 1.807) is 0 Å². The summed E-state index contributed by atoms with van der Waals surface area (Å²) < 4.78 is 38.4. The smallest absolute Gasteiger partial charge is 0.165 e. The van der Waals surface area contributed by atoms with Crippen molar-refractivity contribution in [1.82, 2.24) is 0 Å². The van der Waals surface area contributed by atoms with Crippen molar-refractivity contribution in [3.63, 3.8) is 0 Å². The molecule has 0 saturated heterocycles. The van der Waals surface area contributed by atoms with Crippen LogP contribution in [0.1, 0.15) is 11.5 Å². The molecule has 0 aromatic heterocycles. The van der Waals surface area contributed by atoms with Crippen molar-refractivity contribution in [2.45, 2.75) is 5.92 Å². The summed E-state index contributed by atoms with van der Waals surface area (Å²) in [5.74, 6) is -4.31. The van der Waals surface area contributed by atoms with E-state index in [4.69, 9.17) is 5.11 Å². The molecule has 1 nitrogen and oxygen atoms in total. The maximum absolute atomic E-state index is 12.9. The molecule has 0 aliphatic carbocycles. The Morgan fingerprint density at radius 2 is 1.77 bits per heavy atom. The van der Waals surface area contributed by atoms with E-state index >= 15 is 0 Å². The van der Waals surface area contributed by atoms with Gasteiger partial charge in [0.1, 0.15) is 5.82 Å². The van der Waals surface area contributed by atoms with E-state index in [2.05, 4.69) is 6.92 Å². The van der Waals surface area contributed by atoms with Gasteiger partial charge in [0.2, 0.25) is 0 Å². The fourth-order valence-corrected chi connectivity index (χ4v) is 1.01. The van der Waals surface area contributed by atoms with Gasteiger partial charge in [-0.05, 0) is 19.1 Å². The van der Waals surface area contributed by atoms with Crippen molar-refractivity contribution in [1.29, 1.82) is 0 Å². The molecule has 0 saturated carbocycles. The second-order valence-electron chi connectivity index (χ2n) is 2.64. The summed E-state index contributed by atoms with van der Waals surface area (Å²) in [7, 11) is 0. The highest BCUT2D eigenvalue weighted by atomic mass is 19.2. The molecule has 4 heteroatoms. The van der Waals surface area contributed by atoms with Gasteiger partial charge in [-0.3, -0.25) is 0 Å². The molecule has 1 radical (unpaired) electrons. The summed E-state index contributed by atoms with van der Waals surface area (Å²) in [5, 5.41) is 8.61. The van der Waals surface area contributed by atoms with Crippen LogP contribution in [0.4, 0.5) is 13.2 Å². The number of hydrogen-bond acceptors (Lipinski definition) is 1. The normalized spacial score (nSPS) is 13.0. The fourth-order valence-electron chi connectivity index (χ4n) is 1.01. The van der Waals surface area contributed by atoms with Crippen LogP contribution in [0, 0.1) is 24.4 Å². The van der Waals surface area contributed by atoms with Crippen LogP contribution in [0.25, 0.3) is 0 Å². The summed E-state index contributed by atoms with van der Waals surface area (Å²) in [4.78, 5) is 0. The first kappa shape index (κ1) is 10.1. The first-order valence-electron chi connectivity index (χ1n) is 3.65. The van der Waals surface area contributed by atoms with Gasteiger partial charge in [-0.2, -0.15) is 0 Å². The summed E-state index contributed by atoms with van der Waals surface area (Å²) in [6.07, 6.45) is 0. The third kappa shape index (κ3) is 1.83. The van der Waals surface area contributed by atoms with Gasteiger partial charge in [0.25, 0.3) is 0 Å². The van der Waals surface area contributed by atoms with Crippen molar-refractivity contribution in [3.05, 3.63) is 42.1 Å². The molecule has 0 aliphatic rings. The molecule has 71 valence electrons. The molecule has 0 bridgehead atoms. The van der Waals surface area contributed by atoms with Crippen LogP contribution in [0.5, 0.6) is 0 Å². The molecular formula is C9H8F3O. The van der Waals surface area contributed by atoms with E-state index in [-0.39, 0.29) is 0 Å². The van der Waals surface area contributed by atoms with Gasteiger partial charge >= 0.3 is 0 Å². The molecule has 0 amide bonds. The largest absolute Gasteiger partial charge is 0.396 e. The third-order valence-electron chi connectivity index (χ3n) is 1.71. The molecular weight excluding hydrogens is 181 g/mol. The molecule has 0 fully saturated rings. The van der Waals surface area contributed by atoms with Crippen molar-refractivity contribution >= 4 is 0 Å². The standard InChI is InChI=1S/C9H8F3O/c1-5(4-13)8-6(10)2-3-7(11)9(8)12/h2-3,5,13H,1,4H2. The molecule has 1 N–H and O–H groups in total. The maximum Gasteiger partial charge on any atom is 0.165 e. The molecule has 0 heterocycles. The number of aliphatic hydroxyl groups excluding tert-OH is 1. The number of aliphatic hydroxyl groups is 1. The molecule has 1 atom stereocenters. The van der Waals surface area contributed by atoms with Gasteiger partial charge in [-0.1, -0.05) is 0 Å². The topological polar surface area (TPSA) is 20.2 Å². The Morgan fingerprint density at radius 1 is 1.23 bits per heavy atom. The van der Waals surface area contributed by atoms with Crippen LogP contribution in [0.15, 0.2) is 12.1 Å². The molecule has 1 aromatic carbocycles. The van der Waals surface area contributed by atoms with E-state index in [1.165, 1.54) is 0 Å². The van der Waals surface area contributed by atoms with E-state index in [9.17, 15) is 13.2 Å². The monoisotopic (exact) mass is 189 g/mol. The Bertz CT molecular complexity index is 312. The van der Waals surface area contributed by atoms with Crippen LogP contribution < -0.4 is 0 Å². The average Bonchev–Trinajstić information content (AvgIpc) is 2.12. The highest BCUT2D eigenvalue weighted by Crippen LogP contribution is 2.23. The van der Waals surface area contributed by atoms with Gasteiger partial charge in [0, 0.05) is 11.5 Å². The zero-order valence-electron chi connectivity index (χ0n) is 6.73. The van der Waals surface area contributed by atoms with Crippen LogP contribution in [0.2, 0.25) is 0 Å². The van der Waals surface area contributed by atoms with Crippen LogP contribution in [-0.2, 0) is 0 Å². The highest BCUT2D eigenvalue weighted by Gasteiger charge is 2.18. The van der Waals surface area contributed by atoms with Crippen LogP contribution in [0.3, 0.4) is 0 Å². The summed E-state index contributed by atoms with van der Waals surface area (Å²) in [6, 6.07) is 1.50. The van der Waals surface area contributed by atoms with E-state index in [1.807, 2.05) is 0 Å². The minimum Gasteiger partial charge on any atom is -0.396 e. The summed E-state index contributed by atoms with van der Waals surface area (Å²) >= 11 is 0. The predicted octanol–water partition coefficient (Wildman–Crippen LogP) is 2.01. The number of rotatable bonds is 2. The van der Waals surface area contributed by atoms with Gasteiger partial charge in [0.15, 0.2) is 11.6 Å². The molecule has 1 unspecified atom stereocenters. The molecule has 1 aromatic rings. The SMILES string of the molecule is [CH2]C(CO)c1c(F)ccc(F)c1F. The van der Waals surface area contributed by atoms with Crippen LogP contribution in [-0.4, -0.2) is 11.7 Å². The van der Waals surface area contributed by atoms with E-state index in [0.717, 1.165) is 6.07 Å². The second kappa shape index (κ2) is 3.79. The summed E-state index contributed by atoms with van der Waals surface area (Å²) in [6.45, 7) is 2.76. The minimum atomic E-state index is -1.28. The predicted molar refractivity (Wildman–Crippen MR) is 41.5 cm³/mol. The Morgan fingerprint density at radius 3 is 2.31 bits per heavy atom. The lowest BCUT2D eigenvalue weighted by atomic mass is 10.0. The van der Waals surface area contributed by atoms with Gasteiger partial charge in [0.05, 0.1) is 6.61 Å². The summed E-state index contributed by atoms with van der Waals surface area (Å²) in [5.41, 5.74) is -0.512. The first-order chi connectivity index (χ1) is 6.07. The first-order valence-corrected chi connectivity index (χ1v) is 3.65. The Kier molecular flexibility index (Phi) is 2.93. The molecule has 13 heavy (non-hydrogen) atoms.